The molecule has 0 radical (unpaired) electrons. The number of hydrogen-bond acceptors (Lipinski definition) is 5. The van der Waals surface area contributed by atoms with E-state index < -0.39 is 0 Å². The lowest BCUT2D eigenvalue weighted by Crippen LogP contribution is -2.37. The van der Waals surface area contributed by atoms with Gasteiger partial charge in [-0.15, -0.1) is 0 Å². The molecule has 1 N–H and O–H groups in total. The predicted octanol–water partition coefficient (Wildman–Crippen LogP) is 0.270. The molecule has 0 saturated carbocycles. The minimum Gasteiger partial charge on any atom is -0.385 e. The van der Waals surface area contributed by atoms with E-state index in [-0.39, 0.29) is 11.5 Å². The fourth-order valence-corrected chi connectivity index (χ4v) is 3.40. The standard InChI is InChI=1S/C17H25N5O3/c1-4-21-14-6-8-20(2)11-13(14)17(24)22-16(21)12(10-19-22)15(23)18-7-5-9-25-3/h10H,4-9,11H2,1-3H3,(H,18,23). The molecule has 136 valence electrons. The molecule has 0 aliphatic carbocycles. The number of fused-ring (bicyclic) bond motifs is 2. The van der Waals surface area contributed by atoms with Crippen LogP contribution < -0.4 is 10.9 Å². The van der Waals surface area contributed by atoms with Crippen molar-refractivity contribution in [1.82, 2.24) is 24.4 Å². The molecule has 25 heavy (non-hydrogen) atoms. The van der Waals surface area contributed by atoms with E-state index in [4.69, 9.17) is 4.74 Å². The second-order valence-electron chi connectivity index (χ2n) is 6.36. The van der Waals surface area contributed by atoms with Gasteiger partial charge in [0.05, 0.1) is 11.8 Å². The molecule has 1 aliphatic rings. The van der Waals surface area contributed by atoms with Gasteiger partial charge in [0.25, 0.3) is 11.5 Å². The Morgan fingerprint density at radius 3 is 2.96 bits per heavy atom. The van der Waals surface area contributed by atoms with Crippen LogP contribution in [-0.4, -0.2) is 58.8 Å². The van der Waals surface area contributed by atoms with Gasteiger partial charge in [0.15, 0.2) is 5.65 Å². The Bertz CT molecular complexity index is 839. The molecule has 0 unspecified atom stereocenters. The van der Waals surface area contributed by atoms with E-state index in [9.17, 15) is 9.59 Å². The molecule has 0 spiro atoms. The lowest BCUT2D eigenvalue weighted by molar-refractivity contribution is 0.0950. The highest BCUT2D eigenvalue weighted by Crippen LogP contribution is 2.19. The van der Waals surface area contributed by atoms with Gasteiger partial charge in [0, 0.05) is 52.0 Å². The molecule has 1 amide bonds. The number of likely N-dealkylation sites (N-methyl/N-ethyl adjacent to an activating group) is 1. The van der Waals surface area contributed by atoms with Gasteiger partial charge in [-0.25, -0.2) is 0 Å². The van der Waals surface area contributed by atoms with Crippen molar-refractivity contribution in [2.24, 2.45) is 0 Å². The molecule has 0 bridgehead atoms. The SMILES string of the molecule is CCn1c2c(c(=O)n3ncc(C(=O)NCCCOC)c13)CN(C)CC2. The Kier molecular flexibility index (Phi) is 5.19. The zero-order chi connectivity index (χ0) is 18.0. The molecule has 1 aliphatic heterocycles. The smallest absolute Gasteiger partial charge is 0.279 e. The number of carbonyl (C=O) groups is 1. The average molecular weight is 347 g/mol. The first-order chi connectivity index (χ1) is 12.1. The van der Waals surface area contributed by atoms with Crippen LogP contribution in [-0.2, 0) is 24.2 Å². The highest BCUT2D eigenvalue weighted by molar-refractivity contribution is 5.99. The largest absolute Gasteiger partial charge is 0.385 e. The number of hydrogen-bond donors (Lipinski definition) is 1. The monoisotopic (exact) mass is 347 g/mol. The van der Waals surface area contributed by atoms with Gasteiger partial charge < -0.3 is 19.5 Å². The molecule has 3 rings (SSSR count). The van der Waals surface area contributed by atoms with Gasteiger partial charge in [0.1, 0.15) is 5.56 Å². The van der Waals surface area contributed by atoms with Crippen LogP contribution in [0.1, 0.15) is 35.0 Å². The minimum atomic E-state index is -0.208. The summed E-state index contributed by atoms with van der Waals surface area (Å²) in [5.74, 6) is -0.208. The van der Waals surface area contributed by atoms with Gasteiger partial charge in [-0.2, -0.15) is 9.61 Å². The van der Waals surface area contributed by atoms with Crippen LogP contribution >= 0.6 is 0 Å². The van der Waals surface area contributed by atoms with Crippen molar-refractivity contribution in [3.05, 3.63) is 33.4 Å². The summed E-state index contributed by atoms with van der Waals surface area (Å²) in [6.07, 6.45) is 3.03. The quantitative estimate of drug-likeness (QED) is 0.759. The summed E-state index contributed by atoms with van der Waals surface area (Å²) in [7, 11) is 3.64. The number of ether oxygens (including phenoxy) is 1. The maximum Gasteiger partial charge on any atom is 0.279 e. The Labute approximate surface area is 146 Å². The number of methoxy groups -OCH3 is 1. The second-order valence-corrected chi connectivity index (χ2v) is 6.36. The van der Waals surface area contributed by atoms with Crippen LogP contribution in [0.5, 0.6) is 0 Å². The maximum atomic E-state index is 12.8. The number of aromatic nitrogens is 3. The topological polar surface area (TPSA) is 80.9 Å². The number of carbonyl (C=O) groups excluding carboxylic acids is 1. The molecule has 3 heterocycles. The van der Waals surface area contributed by atoms with Crippen molar-refractivity contribution in [3.8, 4) is 0 Å². The number of nitrogens with zero attached hydrogens (tertiary/aromatic N) is 4. The van der Waals surface area contributed by atoms with Crippen LogP contribution in [0.25, 0.3) is 5.65 Å². The second kappa shape index (κ2) is 7.37. The lowest BCUT2D eigenvalue weighted by atomic mass is 10.1. The zero-order valence-electron chi connectivity index (χ0n) is 15.0. The first kappa shape index (κ1) is 17.6. The van der Waals surface area contributed by atoms with E-state index in [0.717, 1.165) is 30.6 Å². The predicted molar refractivity (Wildman–Crippen MR) is 94.0 cm³/mol. The Balaban J connectivity index is 2.04. The molecule has 2 aromatic rings. The molecular weight excluding hydrogens is 322 g/mol. The highest BCUT2D eigenvalue weighted by Gasteiger charge is 2.25. The summed E-state index contributed by atoms with van der Waals surface area (Å²) in [6, 6.07) is 0. The van der Waals surface area contributed by atoms with Crippen LogP contribution in [0.15, 0.2) is 11.0 Å². The summed E-state index contributed by atoms with van der Waals surface area (Å²) in [5, 5.41) is 7.08. The zero-order valence-corrected chi connectivity index (χ0v) is 15.0. The molecule has 8 heteroatoms. The van der Waals surface area contributed by atoms with Crippen LogP contribution in [0.2, 0.25) is 0 Å². The average Bonchev–Trinajstić information content (AvgIpc) is 3.05. The minimum absolute atomic E-state index is 0.125. The fraction of sp³-hybridized carbons (Fsp3) is 0.588. The fourth-order valence-electron chi connectivity index (χ4n) is 3.40. The van der Waals surface area contributed by atoms with E-state index in [1.165, 1.54) is 10.7 Å². The van der Waals surface area contributed by atoms with E-state index in [2.05, 4.69) is 19.9 Å². The summed E-state index contributed by atoms with van der Waals surface area (Å²) >= 11 is 0. The maximum absolute atomic E-state index is 12.8. The van der Waals surface area contributed by atoms with Gasteiger partial charge in [-0.05, 0) is 20.4 Å². The first-order valence-corrected chi connectivity index (χ1v) is 8.66. The first-order valence-electron chi connectivity index (χ1n) is 8.66. The number of nitrogens with one attached hydrogen (secondary N) is 1. The molecule has 2 aromatic heterocycles. The summed E-state index contributed by atoms with van der Waals surface area (Å²) < 4.78 is 8.41. The molecule has 0 saturated heterocycles. The van der Waals surface area contributed by atoms with E-state index in [1.807, 2.05) is 14.0 Å². The Morgan fingerprint density at radius 2 is 2.24 bits per heavy atom. The van der Waals surface area contributed by atoms with Crippen LogP contribution in [0, 0.1) is 0 Å². The number of amides is 1. The van der Waals surface area contributed by atoms with Crippen LogP contribution in [0.4, 0.5) is 0 Å². The normalized spacial score (nSPS) is 14.7. The van der Waals surface area contributed by atoms with Gasteiger partial charge >= 0.3 is 0 Å². The molecular formula is C17H25N5O3. The third kappa shape index (κ3) is 3.19. The molecule has 0 atom stereocenters. The highest BCUT2D eigenvalue weighted by atomic mass is 16.5. The number of rotatable bonds is 6. The lowest BCUT2D eigenvalue weighted by Gasteiger charge is -2.27. The van der Waals surface area contributed by atoms with E-state index >= 15 is 0 Å². The van der Waals surface area contributed by atoms with Crippen LogP contribution in [0.3, 0.4) is 0 Å². The Hall–Kier alpha value is -2.19. The van der Waals surface area contributed by atoms with Crippen molar-refractivity contribution < 1.29 is 9.53 Å². The van der Waals surface area contributed by atoms with Gasteiger partial charge in [-0.1, -0.05) is 0 Å². The summed E-state index contributed by atoms with van der Waals surface area (Å²) in [6.45, 7) is 5.34. The van der Waals surface area contributed by atoms with Crippen molar-refractivity contribution in [2.45, 2.75) is 32.9 Å². The van der Waals surface area contributed by atoms with Gasteiger partial charge in [-0.3, -0.25) is 9.59 Å². The third-order valence-electron chi connectivity index (χ3n) is 4.65. The molecule has 8 nitrogen and oxygen atoms in total. The number of aryl methyl sites for hydroxylation is 1. The molecule has 0 aromatic carbocycles. The Morgan fingerprint density at radius 1 is 1.44 bits per heavy atom. The van der Waals surface area contributed by atoms with E-state index in [1.54, 1.807) is 7.11 Å². The van der Waals surface area contributed by atoms with Crippen molar-refractivity contribution in [1.29, 1.82) is 0 Å². The van der Waals surface area contributed by atoms with E-state index in [0.29, 0.717) is 37.5 Å². The summed E-state index contributed by atoms with van der Waals surface area (Å²) in [5.41, 5.74) is 2.70. The molecule has 0 fully saturated rings. The van der Waals surface area contributed by atoms with Gasteiger partial charge in [0.2, 0.25) is 0 Å². The van der Waals surface area contributed by atoms with Crippen molar-refractivity contribution in [3.63, 3.8) is 0 Å². The summed E-state index contributed by atoms with van der Waals surface area (Å²) in [4.78, 5) is 27.5. The van der Waals surface area contributed by atoms with Crippen molar-refractivity contribution in [2.75, 3.05) is 33.9 Å². The van der Waals surface area contributed by atoms with Crippen molar-refractivity contribution >= 4 is 11.6 Å². The third-order valence-corrected chi connectivity index (χ3v) is 4.65.